The number of hydrogen-bond acceptors (Lipinski definition) is 4. The maximum Gasteiger partial charge on any atom is 0.247 e. The van der Waals surface area contributed by atoms with E-state index < -0.39 is 5.82 Å². The fourth-order valence-electron chi connectivity index (χ4n) is 2.60. The van der Waals surface area contributed by atoms with Crippen LogP contribution in [0, 0.1) is 17.1 Å². The Morgan fingerprint density at radius 2 is 1.84 bits per heavy atom. The minimum atomic E-state index is -0.538. The van der Waals surface area contributed by atoms with Crippen LogP contribution in [0.5, 0.6) is 0 Å². The molecule has 1 N–H and O–H groups in total. The van der Waals surface area contributed by atoms with Gasteiger partial charge in [-0.2, -0.15) is 10.2 Å². The highest BCUT2D eigenvalue weighted by Crippen LogP contribution is 2.23. The van der Waals surface area contributed by atoms with Gasteiger partial charge in [-0.15, -0.1) is 5.10 Å². The van der Waals surface area contributed by atoms with Gasteiger partial charge in [-0.05, 0) is 42.5 Å². The number of nitrogens with one attached hydrogen (secondary N) is 1. The fraction of sp³-hybridized carbons (Fsp3) is 0. The summed E-state index contributed by atoms with van der Waals surface area (Å²) < 4.78 is 15.2. The highest BCUT2D eigenvalue weighted by Gasteiger charge is 2.11. The second-order valence-electron chi connectivity index (χ2n) is 5.41. The number of nitriles is 1. The lowest BCUT2D eigenvalue weighted by Crippen LogP contribution is -1.96. The smallest absolute Gasteiger partial charge is 0.247 e. The molecule has 0 saturated carbocycles. The molecule has 0 aliphatic rings. The van der Waals surface area contributed by atoms with Crippen LogP contribution in [-0.4, -0.2) is 14.6 Å². The zero-order chi connectivity index (χ0) is 17.2. The Bertz CT molecular complexity index is 1100. The maximum atomic E-state index is 13.6. The monoisotopic (exact) mass is 329 g/mol. The third-order valence-electron chi connectivity index (χ3n) is 3.77. The molecule has 4 aromatic rings. The van der Waals surface area contributed by atoms with Crippen molar-refractivity contribution in [3.8, 4) is 17.3 Å². The predicted octanol–water partition coefficient (Wildman–Crippen LogP) is 4.15. The SMILES string of the molecule is N#Cc1cc(-c2cccc3nc(Nc4ccccc4)nn23)ccc1F. The normalized spacial score (nSPS) is 10.6. The van der Waals surface area contributed by atoms with E-state index in [1.54, 1.807) is 10.6 Å². The van der Waals surface area contributed by atoms with Gasteiger partial charge in [-0.1, -0.05) is 24.3 Å². The zero-order valence-corrected chi connectivity index (χ0v) is 13.0. The average Bonchev–Trinajstić information content (AvgIpc) is 3.05. The van der Waals surface area contributed by atoms with Crippen LogP contribution in [0.15, 0.2) is 66.7 Å². The number of benzene rings is 2. The van der Waals surface area contributed by atoms with Crippen molar-refractivity contribution in [2.24, 2.45) is 0 Å². The minimum absolute atomic E-state index is 0.00254. The zero-order valence-electron chi connectivity index (χ0n) is 13.0. The summed E-state index contributed by atoms with van der Waals surface area (Å²) in [6, 6.07) is 21.4. The Balaban J connectivity index is 1.79. The van der Waals surface area contributed by atoms with Gasteiger partial charge in [0.1, 0.15) is 11.9 Å². The first kappa shape index (κ1) is 14.8. The number of halogens is 1. The van der Waals surface area contributed by atoms with E-state index in [2.05, 4.69) is 15.4 Å². The van der Waals surface area contributed by atoms with Crippen molar-refractivity contribution < 1.29 is 4.39 Å². The molecule has 25 heavy (non-hydrogen) atoms. The van der Waals surface area contributed by atoms with Gasteiger partial charge in [0, 0.05) is 11.3 Å². The number of para-hydroxylation sites is 1. The van der Waals surface area contributed by atoms with Crippen LogP contribution in [0.4, 0.5) is 16.0 Å². The molecule has 0 spiro atoms. The van der Waals surface area contributed by atoms with Gasteiger partial charge in [0.15, 0.2) is 5.65 Å². The van der Waals surface area contributed by atoms with Gasteiger partial charge in [0.25, 0.3) is 0 Å². The fourth-order valence-corrected chi connectivity index (χ4v) is 2.60. The van der Waals surface area contributed by atoms with Gasteiger partial charge in [-0.3, -0.25) is 0 Å². The second kappa shape index (κ2) is 6.06. The quantitative estimate of drug-likeness (QED) is 0.613. The highest BCUT2D eigenvalue weighted by molar-refractivity contribution is 5.66. The molecule has 0 radical (unpaired) electrons. The summed E-state index contributed by atoms with van der Waals surface area (Å²) >= 11 is 0. The lowest BCUT2D eigenvalue weighted by atomic mass is 10.1. The van der Waals surface area contributed by atoms with Gasteiger partial charge < -0.3 is 5.32 Å². The van der Waals surface area contributed by atoms with E-state index in [0.29, 0.717) is 17.2 Å². The third-order valence-corrected chi connectivity index (χ3v) is 3.77. The molecule has 0 amide bonds. The summed E-state index contributed by atoms with van der Waals surface area (Å²) in [5, 5.41) is 16.7. The first-order valence-corrected chi connectivity index (χ1v) is 7.62. The van der Waals surface area contributed by atoms with Gasteiger partial charge in [-0.25, -0.2) is 8.91 Å². The molecule has 2 aromatic carbocycles. The topological polar surface area (TPSA) is 66.0 Å². The third kappa shape index (κ3) is 2.79. The van der Waals surface area contributed by atoms with Crippen molar-refractivity contribution in [3.05, 3.63) is 78.1 Å². The van der Waals surface area contributed by atoms with Crippen LogP contribution in [0.25, 0.3) is 16.9 Å². The Kier molecular flexibility index (Phi) is 3.60. The molecule has 0 unspecified atom stereocenters. The lowest BCUT2D eigenvalue weighted by Gasteiger charge is -2.05. The van der Waals surface area contributed by atoms with Gasteiger partial charge >= 0.3 is 0 Å². The summed E-state index contributed by atoms with van der Waals surface area (Å²) in [5.41, 5.74) is 2.95. The van der Waals surface area contributed by atoms with Crippen molar-refractivity contribution in [2.45, 2.75) is 0 Å². The molecule has 0 atom stereocenters. The van der Waals surface area contributed by atoms with E-state index >= 15 is 0 Å². The van der Waals surface area contributed by atoms with E-state index in [4.69, 9.17) is 5.26 Å². The largest absolute Gasteiger partial charge is 0.323 e. The van der Waals surface area contributed by atoms with Crippen LogP contribution in [0.1, 0.15) is 5.56 Å². The molecule has 0 fully saturated rings. The molecule has 2 aromatic heterocycles. The highest BCUT2D eigenvalue weighted by atomic mass is 19.1. The van der Waals surface area contributed by atoms with E-state index in [0.717, 1.165) is 11.4 Å². The number of pyridine rings is 1. The number of aromatic nitrogens is 3. The van der Waals surface area contributed by atoms with E-state index in [1.165, 1.54) is 12.1 Å². The summed E-state index contributed by atoms with van der Waals surface area (Å²) in [5.74, 6) is -0.0790. The predicted molar refractivity (Wildman–Crippen MR) is 92.8 cm³/mol. The Labute approximate surface area is 143 Å². The molecule has 5 nitrogen and oxygen atoms in total. The second-order valence-corrected chi connectivity index (χ2v) is 5.41. The summed E-state index contributed by atoms with van der Waals surface area (Å²) in [7, 11) is 0. The van der Waals surface area contributed by atoms with Crippen molar-refractivity contribution in [3.63, 3.8) is 0 Å². The van der Waals surface area contributed by atoms with E-state index in [1.807, 2.05) is 54.6 Å². The Hall–Kier alpha value is -3.72. The van der Waals surface area contributed by atoms with Crippen LogP contribution in [0.3, 0.4) is 0 Å². The van der Waals surface area contributed by atoms with Crippen LogP contribution in [0.2, 0.25) is 0 Å². The van der Waals surface area contributed by atoms with Crippen LogP contribution < -0.4 is 5.32 Å². The first-order chi connectivity index (χ1) is 12.2. The van der Waals surface area contributed by atoms with Gasteiger partial charge in [0.2, 0.25) is 5.95 Å². The molecule has 0 aliphatic heterocycles. The van der Waals surface area contributed by atoms with Crippen molar-refractivity contribution in [1.29, 1.82) is 5.26 Å². The van der Waals surface area contributed by atoms with Crippen LogP contribution >= 0.6 is 0 Å². The average molecular weight is 329 g/mol. The molecule has 0 aliphatic carbocycles. The molecule has 0 bridgehead atoms. The van der Waals surface area contributed by atoms with Crippen molar-refractivity contribution in [1.82, 2.24) is 14.6 Å². The molecular weight excluding hydrogens is 317 g/mol. The number of nitrogens with zero attached hydrogens (tertiary/aromatic N) is 4. The number of rotatable bonds is 3. The van der Waals surface area contributed by atoms with Gasteiger partial charge in [0.05, 0.1) is 11.3 Å². The summed E-state index contributed by atoms with van der Waals surface area (Å²) in [4.78, 5) is 4.46. The number of hydrogen-bond donors (Lipinski definition) is 1. The lowest BCUT2D eigenvalue weighted by molar-refractivity contribution is 0.624. The van der Waals surface area contributed by atoms with Crippen molar-refractivity contribution >= 4 is 17.3 Å². The molecule has 120 valence electrons. The van der Waals surface area contributed by atoms with Crippen molar-refractivity contribution in [2.75, 3.05) is 5.32 Å². The van der Waals surface area contributed by atoms with E-state index in [-0.39, 0.29) is 5.56 Å². The summed E-state index contributed by atoms with van der Waals surface area (Å²) in [6.45, 7) is 0. The molecule has 0 saturated heterocycles. The first-order valence-electron chi connectivity index (χ1n) is 7.62. The Morgan fingerprint density at radius 3 is 2.64 bits per heavy atom. The molecule has 2 heterocycles. The summed E-state index contributed by atoms with van der Waals surface area (Å²) in [6.07, 6.45) is 0. The molecular formula is C19H12FN5. The Morgan fingerprint density at radius 1 is 1.00 bits per heavy atom. The van der Waals surface area contributed by atoms with Crippen LogP contribution in [-0.2, 0) is 0 Å². The number of fused-ring (bicyclic) bond motifs is 1. The maximum absolute atomic E-state index is 13.6. The van der Waals surface area contributed by atoms with E-state index in [9.17, 15) is 4.39 Å². The standard InChI is InChI=1S/C19H12FN5/c20-16-10-9-13(11-14(16)12-21)17-7-4-8-18-23-19(24-25(17)18)22-15-5-2-1-3-6-15/h1-11H,(H,22,24). The number of anilines is 2. The minimum Gasteiger partial charge on any atom is -0.323 e. The molecule has 4 rings (SSSR count). The molecule has 6 heteroatoms.